The molecule has 0 aromatic heterocycles. The number of halogens is 1. The Morgan fingerprint density at radius 1 is 1.29 bits per heavy atom. The van der Waals surface area contributed by atoms with E-state index in [1.165, 1.54) is 0 Å². The third kappa shape index (κ3) is 3.15. The lowest BCUT2D eigenvalue weighted by Crippen LogP contribution is -2.55. The van der Waals surface area contributed by atoms with Gasteiger partial charge in [0.05, 0.1) is 0 Å². The maximum absolute atomic E-state index is 12.9. The second-order valence-corrected chi connectivity index (χ2v) is 7.89. The second-order valence-electron chi connectivity index (χ2n) is 7.45. The fourth-order valence-electron chi connectivity index (χ4n) is 3.59. The van der Waals surface area contributed by atoms with Gasteiger partial charge in [0.15, 0.2) is 0 Å². The summed E-state index contributed by atoms with van der Waals surface area (Å²) in [5.41, 5.74) is 6.77. The Balaban J connectivity index is 1.72. The Morgan fingerprint density at radius 2 is 2.04 bits per heavy atom. The van der Waals surface area contributed by atoms with Crippen molar-refractivity contribution in [3.05, 3.63) is 29.3 Å². The van der Waals surface area contributed by atoms with Gasteiger partial charge in [-0.3, -0.25) is 9.59 Å². The van der Waals surface area contributed by atoms with Crippen LogP contribution in [0.1, 0.15) is 26.7 Å². The van der Waals surface area contributed by atoms with Crippen LogP contribution < -0.4 is 10.6 Å². The molecule has 2 aliphatic rings. The minimum Gasteiger partial charge on any atom is -0.341 e. The first kappa shape index (κ1) is 17.2. The van der Waals surface area contributed by atoms with Crippen LogP contribution in [-0.4, -0.2) is 42.4 Å². The lowest BCUT2D eigenvalue weighted by atomic mass is 9.79. The molecule has 0 aliphatic carbocycles. The number of rotatable bonds is 2. The van der Waals surface area contributed by atoms with Gasteiger partial charge in [-0.15, -0.1) is 0 Å². The van der Waals surface area contributed by atoms with E-state index >= 15 is 0 Å². The molecule has 2 heterocycles. The highest BCUT2D eigenvalue weighted by Gasteiger charge is 2.43. The predicted molar refractivity (Wildman–Crippen MR) is 94.9 cm³/mol. The van der Waals surface area contributed by atoms with E-state index in [0.717, 1.165) is 12.1 Å². The van der Waals surface area contributed by atoms with Gasteiger partial charge in [0.25, 0.3) is 0 Å². The van der Waals surface area contributed by atoms with Crippen molar-refractivity contribution in [2.45, 2.75) is 32.7 Å². The van der Waals surface area contributed by atoms with Gasteiger partial charge in [-0.2, -0.15) is 0 Å². The van der Waals surface area contributed by atoms with Crippen LogP contribution in [0.4, 0.5) is 5.69 Å². The molecule has 0 bridgehead atoms. The maximum Gasteiger partial charge on any atom is 0.239 e. The van der Waals surface area contributed by atoms with Crippen LogP contribution in [0, 0.1) is 11.3 Å². The van der Waals surface area contributed by atoms with Crippen LogP contribution in [-0.2, 0) is 9.59 Å². The number of piperidine rings is 1. The van der Waals surface area contributed by atoms with Crippen molar-refractivity contribution in [1.82, 2.24) is 4.90 Å². The number of hydrogen-bond acceptors (Lipinski definition) is 3. The van der Waals surface area contributed by atoms with Gasteiger partial charge in [-0.05, 0) is 36.5 Å². The fraction of sp³-hybridized carbons (Fsp3) is 0.556. The van der Waals surface area contributed by atoms with Crippen molar-refractivity contribution in [3.63, 3.8) is 0 Å². The molecule has 2 N–H and O–H groups in total. The van der Waals surface area contributed by atoms with Crippen LogP contribution in [0.5, 0.6) is 0 Å². The van der Waals surface area contributed by atoms with Gasteiger partial charge in [0, 0.05) is 36.4 Å². The number of nitrogens with zero attached hydrogens (tertiary/aromatic N) is 2. The zero-order chi connectivity index (χ0) is 17.5. The van der Waals surface area contributed by atoms with Gasteiger partial charge >= 0.3 is 0 Å². The Hall–Kier alpha value is -1.59. The Bertz CT molecular complexity index is 661. The molecule has 5 nitrogen and oxygen atoms in total. The smallest absolute Gasteiger partial charge is 0.239 e. The molecular weight excluding hydrogens is 326 g/mol. The summed E-state index contributed by atoms with van der Waals surface area (Å²) in [4.78, 5) is 29.1. The van der Waals surface area contributed by atoms with Crippen molar-refractivity contribution >= 4 is 29.1 Å². The summed E-state index contributed by atoms with van der Waals surface area (Å²) in [6.07, 6.45) is 1.32. The molecular formula is C18H24ClN3O2. The van der Waals surface area contributed by atoms with E-state index in [4.69, 9.17) is 17.3 Å². The third-order valence-corrected chi connectivity index (χ3v) is 5.48. The molecule has 3 rings (SSSR count). The summed E-state index contributed by atoms with van der Waals surface area (Å²) in [5.74, 6) is -0.784. The zero-order valence-electron chi connectivity index (χ0n) is 14.2. The van der Waals surface area contributed by atoms with Crippen molar-refractivity contribution < 1.29 is 9.59 Å². The molecule has 130 valence electrons. The van der Waals surface area contributed by atoms with E-state index in [1.807, 2.05) is 17.0 Å². The van der Waals surface area contributed by atoms with Crippen molar-refractivity contribution in [2.24, 2.45) is 17.1 Å². The monoisotopic (exact) mass is 349 g/mol. The SMILES string of the molecule is CC1(C)CN(C(=O)C2CCN(c3cccc(Cl)c3)C2=O)CCC1N. The summed E-state index contributed by atoms with van der Waals surface area (Å²) < 4.78 is 0. The van der Waals surface area contributed by atoms with E-state index < -0.39 is 5.92 Å². The number of likely N-dealkylation sites (tertiary alicyclic amines) is 1. The van der Waals surface area contributed by atoms with Crippen LogP contribution in [0.15, 0.2) is 24.3 Å². The van der Waals surface area contributed by atoms with E-state index in [0.29, 0.717) is 31.1 Å². The van der Waals surface area contributed by atoms with E-state index in [2.05, 4.69) is 13.8 Å². The largest absolute Gasteiger partial charge is 0.341 e. The lowest BCUT2D eigenvalue weighted by molar-refractivity contribution is -0.142. The van der Waals surface area contributed by atoms with Crippen LogP contribution >= 0.6 is 11.6 Å². The number of benzene rings is 1. The van der Waals surface area contributed by atoms with Crippen LogP contribution in [0.3, 0.4) is 0 Å². The van der Waals surface area contributed by atoms with Gasteiger partial charge in [-0.1, -0.05) is 31.5 Å². The average Bonchev–Trinajstić information content (AvgIpc) is 2.91. The van der Waals surface area contributed by atoms with Crippen LogP contribution in [0.25, 0.3) is 0 Å². The fourth-order valence-corrected chi connectivity index (χ4v) is 3.78. The standard InChI is InChI=1S/C18H24ClN3O2/c1-18(2)11-21(8-7-15(18)20)16(23)14-6-9-22(17(14)24)13-5-3-4-12(19)10-13/h3-5,10,14-15H,6-9,11,20H2,1-2H3. The van der Waals surface area contributed by atoms with Gasteiger partial charge in [-0.25, -0.2) is 0 Å². The van der Waals surface area contributed by atoms with Crippen molar-refractivity contribution in [1.29, 1.82) is 0 Å². The summed E-state index contributed by atoms with van der Waals surface area (Å²) in [6.45, 7) is 5.93. The highest BCUT2D eigenvalue weighted by Crippen LogP contribution is 2.32. The molecule has 2 unspecified atom stereocenters. The highest BCUT2D eigenvalue weighted by atomic mass is 35.5. The quantitative estimate of drug-likeness (QED) is 0.833. The minimum atomic E-state index is -0.589. The molecule has 2 aliphatic heterocycles. The number of nitrogens with two attached hydrogens (primary N) is 1. The third-order valence-electron chi connectivity index (χ3n) is 5.25. The molecule has 24 heavy (non-hydrogen) atoms. The first-order chi connectivity index (χ1) is 11.3. The zero-order valence-corrected chi connectivity index (χ0v) is 14.9. The Kier molecular flexibility index (Phi) is 4.58. The number of hydrogen-bond donors (Lipinski definition) is 1. The van der Waals surface area contributed by atoms with Crippen molar-refractivity contribution in [2.75, 3.05) is 24.5 Å². The number of carbonyl (C=O) groups is 2. The first-order valence-corrected chi connectivity index (χ1v) is 8.79. The average molecular weight is 350 g/mol. The molecule has 0 saturated carbocycles. The topological polar surface area (TPSA) is 66.6 Å². The molecule has 0 radical (unpaired) electrons. The minimum absolute atomic E-state index is 0.0653. The van der Waals surface area contributed by atoms with Gasteiger partial charge in [0.1, 0.15) is 5.92 Å². The molecule has 2 fully saturated rings. The van der Waals surface area contributed by atoms with E-state index in [9.17, 15) is 9.59 Å². The van der Waals surface area contributed by atoms with E-state index in [1.54, 1.807) is 17.0 Å². The summed E-state index contributed by atoms with van der Waals surface area (Å²) in [5, 5.41) is 0.585. The number of anilines is 1. The molecule has 1 aromatic carbocycles. The first-order valence-electron chi connectivity index (χ1n) is 8.41. The molecule has 0 spiro atoms. The van der Waals surface area contributed by atoms with Gasteiger partial charge in [0.2, 0.25) is 11.8 Å². The van der Waals surface area contributed by atoms with E-state index in [-0.39, 0.29) is 23.3 Å². The predicted octanol–water partition coefficient (Wildman–Crippen LogP) is 2.28. The molecule has 2 amide bonds. The lowest BCUT2D eigenvalue weighted by Gasteiger charge is -2.43. The summed E-state index contributed by atoms with van der Waals surface area (Å²) in [7, 11) is 0. The number of carbonyl (C=O) groups excluding carboxylic acids is 2. The summed E-state index contributed by atoms with van der Waals surface area (Å²) >= 11 is 6.01. The Morgan fingerprint density at radius 3 is 2.71 bits per heavy atom. The van der Waals surface area contributed by atoms with Crippen molar-refractivity contribution in [3.8, 4) is 0 Å². The van der Waals surface area contributed by atoms with Crippen LogP contribution in [0.2, 0.25) is 5.02 Å². The Labute approximate surface area is 147 Å². The molecule has 6 heteroatoms. The highest BCUT2D eigenvalue weighted by molar-refractivity contribution is 6.31. The number of amides is 2. The normalized spacial score (nSPS) is 26.8. The second kappa shape index (κ2) is 6.37. The molecule has 2 atom stereocenters. The molecule has 1 aromatic rings. The summed E-state index contributed by atoms with van der Waals surface area (Å²) in [6, 6.07) is 7.28. The maximum atomic E-state index is 12.9. The molecule has 2 saturated heterocycles. The van der Waals surface area contributed by atoms with Gasteiger partial charge < -0.3 is 15.5 Å².